The highest BCUT2D eigenvalue weighted by Crippen LogP contribution is 2.18. The van der Waals surface area contributed by atoms with Gasteiger partial charge in [0.1, 0.15) is 0 Å². The van der Waals surface area contributed by atoms with E-state index < -0.39 is 0 Å². The molecular weight excluding hydrogens is 224 g/mol. The fourth-order valence-corrected chi connectivity index (χ4v) is 1.59. The van der Waals surface area contributed by atoms with E-state index in [0.29, 0.717) is 18.5 Å². The zero-order valence-corrected chi connectivity index (χ0v) is 11.8. The zero-order valence-electron chi connectivity index (χ0n) is 11.8. The summed E-state index contributed by atoms with van der Waals surface area (Å²) in [6, 6.07) is 8.39. The van der Waals surface area contributed by atoms with Crippen LogP contribution < -0.4 is 10.6 Å². The standard InChI is InChI=1S/C15H24N2O/c1-5-12(4)16-10-15(18)17-14-8-6-7-13(9-14)11(2)3/h6-9,11-12,16H,5,10H2,1-4H3,(H,17,18). The molecule has 18 heavy (non-hydrogen) atoms. The fraction of sp³-hybridized carbons (Fsp3) is 0.533. The molecule has 0 bridgehead atoms. The first-order valence-corrected chi connectivity index (χ1v) is 6.66. The smallest absolute Gasteiger partial charge is 0.238 e. The Labute approximate surface area is 110 Å². The fourth-order valence-electron chi connectivity index (χ4n) is 1.59. The van der Waals surface area contributed by atoms with E-state index in [-0.39, 0.29) is 5.91 Å². The van der Waals surface area contributed by atoms with Crippen molar-refractivity contribution < 1.29 is 4.79 Å². The van der Waals surface area contributed by atoms with Crippen LogP contribution in [0.3, 0.4) is 0 Å². The third-order valence-electron chi connectivity index (χ3n) is 3.06. The van der Waals surface area contributed by atoms with Crippen molar-refractivity contribution in [2.75, 3.05) is 11.9 Å². The van der Waals surface area contributed by atoms with Crippen molar-refractivity contribution in [3.8, 4) is 0 Å². The lowest BCUT2D eigenvalue weighted by Gasteiger charge is -2.12. The molecule has 0 radical (unpaired) electrons. The van der Waals surface area contributed by atoms with Crippen molar-refractivity contribution in [2.45, 2.75) is 46.1 Å². The summed E-state index contributed by atoms with van der Waals surface area (Å²) in [7, 11) is 0. The number of hydrogen-bond acceptors (Lipinski definition) is 2. The zero-order chi connectivity index (χ0) is 13.5. The molecule has 3 nitrogen and oxygen atoms in total. The maximum atomic E-state index is 11.7. The summed E-state index contributed by atoms with van der Waals surface area (Å²) in [5, 5.41) is 6.09. The second-order valence-electron chi connectivity index (χ2n) is 5.02. The monoisotopic (exact) mass is 248 g/mol. The highest BCUT2D eigenvalue weighted by molar-refractivity contribution is 5.92. The van der Waals surface area contributed by atoms with Gasteiger partial charge in [-0.05, 0) is 37.0 Å². The van der Waals surface area contributed by atoms with Gasteiger partial charge in [0.2, 0.25) is 5.91 Å². The molecule has 0 fully saturated rings. The van der Waals surface area contributed by atoms with E-state index in [2.05, 4.69) is 44.4 Å². The number of benzene rings is 1. The molecule has 0 aliphatic carbocycles. The molecule has 1 atom stereocenters. The molecule has 1 rings (SSSR count). The van der Waals surface area contributed by atoms with Gasteiger partial charge in [0.15, 0.2) is 0 Å². The first kappa shape index (κ1) is 14.7. The number of anilines is 1. The van der Waals surface area contributed by atoms with E-state index >= 15 is 0 Å². The van der Waals surface area contributed by atoms with Crippen LogP contribution >= 0.6 is 0 Å². The summed E-state index contributed by atoms with van der Waals surface area (Å²) in [6.45, 7) is 8.83. The summed E-state index contributed by atoms with van der Waals surface area (Å²) in [5.41, 5.74) is 2.11. The molecule has 0 aliphatic heterocycles. The van der Waals surface area contributed by atoms with Crippen molar-refractivity contribution in [3.05, 3.63) is 29.8 Å². The highest BCUT2D eigenvalue weighted by atomic mass is 16.1. The molecular formula is C15H24N2O. The van der Waals surface area contributed by atoms with Gasteiger partial charge in [0, 0.05) is 11.7 Å². The molecule has 1 unspecified atom stereocenters. The maximum Gasteiger partial charge on any atom is 0.238 e. The second-order valence-corrected chi connectivity index (χ2v) is 5.02. The van der Waals surface area contributed by atoms with Crippen LogP contribution in [0.1, 0.15) is 45.6 Å². The summed E-state index contributed by atoms with van der Waals surface area (Å²) in [6.07, 6.45) is 1.02. The SMILES string of the molecule is CCC(C)NCC(=O)Nc1cccc(C(C)C)c1. The molecule has 1 amide bonds. The van der Waals surface area contributed by atoms with Crippen molar-refractivity contribution in [3.63, 3.8) is 0 Å². The summed E-state index contributed by atoms with van der Waals surface area (Å²) in [4.78, 5) is 11.7. The van der Waals surface area contributed by atoms with Gasteiger partial charge >= 0.3 is 0 Å². The van der Waals surface area contributed by atoms with Crippen molar-refractivity contribution in [2.24, 2.45) is 0 Å². The first-order chi connectivity index (χ1) is 8.52. The van der Waals surface area contributed by atoms with Crippen molar-refractivity contribution >= 4 is 11.6 Å². The molecule has 0 aliphatic rings. The maximum absolute atomic E-state index is 11.7. The Morgan fingerprint density at radius 1 is 1.28 bits per heavy atom. The molecule has 0 saturated heterocycles. The Bertz CT molecular complexity index is 388. The Balaban J connectivity index is 2.51. The Morgan fingerprint density at radius 3 is 2.61 bits per heavy atom. The predicted octanol–water partition coefficient (Wildman–Crippen LogP) is 3.14. The van der Waals surface area contributed by atoms with E-state index in [1.54, 1.807) is 0 Å². The third kappa shape index (κ3) is 4.88. The van der Waals surface area contributed by atoms with Gasteiger partial charge < -0.3 is 10.6 Å². The average molecular weight is 248 g/mol. The lowest BCUT2D eigenvalue weighted by atomic mass is 10.0. The van der Waals surface area contributed by atoms with E-state index in [1.165, 1.54) is 5.56 Å². The number of rotatable bonds is 6. The normalized spacial score (nSPS) is 12.5. The van der Waals surface area contributed by atoms with Gasteiger partial charge in [0.25, 0.3) is 0 Å². The van der Waals surface area contributed by atoms with Gasteiger partial charge in [-0.15, -0.1) is 0 Å². The van der Waals surface area contributed by atoms with Gasteiger partial charge in [0.05, 0.1) is 6.54 Å². The first-order valence-electron chi connectivity index (χ1n) is 6.66. The number of nitrogens with one attached hydrogen (secondary N) is 2. The van der Waals surface area contributed by atoms with E-state index in [9.17, 15) is 4.79 Å². The van der Waals surface area contributed by atoms with Gasteiger partial charge in [-0.3, -0.25) is 4.79 Å². The van der Waals surface area contributed by atoms with E-state index in [0.717, 1.165) is 12.1 Å². The van der Waals surface area contributed by atoms with Crippen molar-refractivity contribution in [1.29, 1.82) is 0 Å². The van der Waals surface area contributed by atoms with Crippen molar-refractivity contribution in [1.82, 2.24) is 5.32 Å². The minimum atomic E-state index is 0.0104. The van der Waals surface area contributed by atoms with Gasteiger partial charge in [-0.1, -0.05) is 32.9 Å². The van der Waals surface area contributed by atoms with Crippen LogP contribution in [0.25, 0.3) is 0 Å². The minimum Gasteiger partial charge on any atom is -0.325 e. The molecule has 1 aromatic carbocycles. The van der Waals surface area contributed by atoms with Crippen LogP contribution in [-0.4, -0.2) is 18.5 Å². The lowest BCUT2D eigenvalue weighted by Crippen LogP contribution is -2.33. The number of carbonyl (C=O) groups is 1. The Morgan fingerprint density at radius 2 is 2.00 bits per heavy atom. The molecule has 0 spiro atoms. The molecule has 1 aromatic rings. The molecule has 3 heteroatoms. The van der Waals surface area contributed by atoms with Crippen LogP contribution in [0.5, 0.6) is 0 Å². The minimum absolute atomic E-state index is 0.0104. The third-order valence-corrected chi connectivity index (χ3v) is 3.06. The lowest BCUT2D eigenvalue weighted by molar-refractivity contribution is -0.115. The topological polar surface area (TPSA) is 41.1 Å². The summed E-state index contributed by atoms with van der Waals surface area (Å²) in [5.74, 6) is 0.483. The van der Waals surface area contributed by atoms with Crippen LogP contribution in [-0.2, 0) is 4.79 Å². The van der Waals surface area contributed by atoms with Crippen LogP contribution in [0.4, 0.5) is 5.69 Å². The number of carbonyl (C=O) groups excluding carboxylic acids is 1. The Hall–Kier alpha value is -1.35. The van der Waals surface area contributed by atoms with Crippen LogP contribution in [0.15, 0.2) is 24.3 Å². The Kier molecular flexibility index (Phi) is 5.86. The van der Waals surface area contributed by atoms with E-state index in [4.69, 9.17) is 0 Å². The molecule has 2 N–H and O–H groups in total. The molecule has 0 saturated carbocycles. The number of amides is 1. The van der Waals surface area contributed by atoms with Crippen LogP contribution in [0.2, 0.25) is 0 Å². The highest BCUT2D eigenvalue weighted by Gasteiger charge is 2.05. The average Bonchev–Trinajstić information content (AvgIpc) is 2.36. The summed E-state index contributed by atoms with van der Waals surface area (Å²) < 4.78 is 0. The van der Waals surface area contributed by atoms with Gasteiger partial charge in [-0.25, -0.2) is 0 Å². The number of hydrogen-bond donors (Lipinski definition) is 2. The second kappa shape index (κ2) is 7.17. The quantitative estimate of drug-likeness (QED) is 0.812. The van der Waals surface area contributed by atoms with Gasteiger partial charge in [-0.2, -0.15) is 0 Å². The predicted molar refractivity (Wildman–Crippen MR) is 76.9 cm³/mol. The van der Waals surface area contributed by atoms with E-state index in [1.807, 2.05) is 18.2 Å². The van der Waals surface area contributed by atoms with Crippen LogP contribution in [0, 0.1) is 0 Å². The largest absolute Gasteiger partial charge is 0.325 e. The summed E-state index contributed by atoms with van der Waals surface area (Å²) >= 11 is 0. The molecule has 100 valence electrons. The molecule has 0 heterocycles. The molecule has 0 aromatic heterocycles.